The first kappa shape index (κ1) is 21.8. The zero-order valence-corrected chi connectivity index (χ0v) is 20.6. The van der Waals surface area contributed by atoms with E-state index in [1.807, 2.05) is 6.07 Å². The Labute approximate surface area is 174 Å². The van der Waals surface area contributed by atoms with E-state index in [9.17, 15) is 0 Å². The van der Waals surface area contributed by atoms with E-state index >= 15 is 0 Å². The van der Waals surface area contributed by atoms with Crippen LogP contribution in [0, 0.1) is 0 Å². The van der Waals surface area contributed by atoms with Gasteiger partial charge in [-0.1, -0.05) is 76.2 Å². The van der Waals surface area contributed by atoms with Crippen LogP contribution in [0.1, 0.15) is 50.7 Å². The van der Waals surface area contributed by atoms with E-state index in [1.165, 1.54) is 16.3 Å². The van der Waals surface area contributed by atoms with Crippen molar-refractivity contribution in [1.82, 2.24) is 0 Å². The standard InChI is InChI=1S/C20H28Cl3NSi2/c1-15(2)18-13-10-14-19(16(3)4)20(18)24(26(21,22)23)25(5,6)17-11-8-7-9-12-17/h7-16H,1-6H3. The zero-order chi connectivity index (χ0) is 19.7. The highest BCUT2D eigenvalue weighted by Gasteiger charge is 2.47. The Morgan fingerprint density at radius 2 is 1.19 bits per heavy atom. The van der Waals surface area contributed by atoms with Gasteiger partial charge in [-0.3, -0.25) is 0 Å². The third kappa shape index (κ3) is 4.50. The van der Waals surface area contributed by atoms with Crippen LogP contribution in [0.4, 0.5) is 5.69 Å². The van der Waals surface area contributed by atoms with Crippen molar-refractivity contribution in [3.8, 4) is 0 Å². The molecule has 0 fully saturated rings. The summed E-state index contributed by atoms with van der Waals surface area (Å²) < 4.78 is 2.23. The van der Waals surface area contributed by atoms with Crippen molar-refractivity contribution in [2.75, 3.05) is 4.23 Å². The molecule has 6 heteroatoms. The molecule has 0 aromatic heterocycles. The lowest BCUT2D eigenvalue weighted by Gasteiger charge is -2.45. The molecule has 0 saturated heterocycles. The molecule has 142 valence electrons. The van der Waals surface area contributed by atoms with Gasteiger partial charge in [0.2, 0.25) is 0 Å². The van der Waals surface area contributed by atoms with Gasteiger partial charge < -0.3 is 4.23 Å². The molecule has 2 aromatic carbocycles. The molecule has 0 spiro atoms. The van der Waals surface area contributed by atoms with Crippen LogP contribution in [0.25, 0.3) is 0 Å². The molecule has 26 heavy (non-hydrogen) atoms. The first-order valence-corrected chi connectivity index (χ1v) is 17.0. The lowest BCUT2D eigenvalue weighted by atomic mass is 9.93. The number of nitrogens with zero attached hydrogens (tertiary/aromatic N) is 1. The highest BCUT2D eigenvalue weighted by Crippen LogP contribution is 2.43. The van der Waals surface area contributed by atoms with E-state index in [1.54, 1.807) is 0 Å². The molecule has 0 aliphatic carbocycles. The molecule has 0 heterocycles. The Bertz CT molecular complexity index is 714. The second-order valence-electron chi connectivity index (χ2n) is 7.82. The third-order valence-electron chi connectivity index (χ3n) is 4.86. The Hall–Kier alpha value is -0.456. The van der Waals surface area contributed by atoms with Gasteiger partial charge >= 0.3 is 6.16 Å². The number of halogens is 3. The van der Waals surface area contributed by atoms with E-state index in [-0.39, 0.29) is 0 Å². The maximum atomic E-state index is 6.75. The second kappa shape index (κ2) is 8.28. The second-order valence-corrected chi connectivity index (χ2v) is 20.5. The van der Waals surface area contributed by atoms with E-state index < -0.39 is 14.4 Å². The molecule has 0 radical (unpaired) electrons. The smallest absolute Gasteiger partial charge is 0.385 e. The lowest BCUT2D eigenvalue weighted by molar-refractivity contribution is 0.835. The van der Waals surface area contributed by atoms with Crippen LogP contribution < -0.4 is 9.42 Å². The maximum Gasteiger partial charge on any atom is 0.446 e. The fraction of sp³-hybridized carbons (Fsp3) is 0.400. The molecule has 0 N–H and O–H groups in total. The van der Waals surface area contributed by atoms with Crippen molar-refractivity contribution in [2.45, 2.75) is 52.6 Å². The van der Waals surface area contributed by atoms with Crippen molar-refractivity contribution in [2.24, 2.45) is 0 Å². The molecule has 0 amide bonds. The number of benzene rings is 2. The number of para-hydroxylation sites is 1. The van der Waals surface area contributed by atoms with Gasteiger partial charge in [-0.25, -0.2) is 0 Å². The van der Waals surface area contributed by atoms with E-state index in [4.69, 9.17) is 33.2 Å². The first-order chi connectivity index (χ1) is 12.0. The molecule has 0 bridgehead atoms. The van der Waals surface area contributed by atoms with Gasteiger partial charge in [0.05, 0.1) is 0 Å². The molecule has 0 aliphatic heterocycles. The number of anilines is 1. The highest BCUT2D eigenvalue weighted by molar-refractivity contribution is 7.67. The van der Waals surface area contributed by atoms with Crippen molar-refractivity contribution >= 4 is 58.5 Å². The Balaban J connectivity index is 2.82. The summed E-state index contributed by atoms with van der Waals surface area (Å²) >= 11 is 20.3. The van der Waals surface area contributed by atoms with Crippen molar-refractivity contribution in [1.29, 1.82) is 0 Å². The number of hydrogen-bond donors (Lipinski definition) is 0. The molecule has 0 saturated carbocycles. The third-order valence-corrected chi connectivity index (χ3v) is 14.2. The highest BCUT2D eigenvalue weighted by atomic mass is 35.8. The summed E-state index contributed by atoms with van der Waals surface area (Å²) in [4.78, 5) is 0. The molecule has 2 rings (SSSR count). The van der Waals surface area contributed by atoms with E-state index in [2.05, 4.69) is 87.5 Å². The SMILES string of the molecule is CC(C)c1cccc(C(C)C)c1N([Si](Cl)(Cl)Cl)[Si](C)(C)c1ccccc1. The predicted molar refractivity (Wildman–Crippen MR) is 124 cm³/mol. The fourth-order valence-corrected chi connectivity index (χ4v) is 15.5. The van der Waals surface area contributed by atoms with Gasteiger partial charge in [-0.2, -0.15) is 0 Å². The predicted octanol–water partition coefficient (Wildman–Crippen LogP) is 7.00. The normalized spacial score (nSPS) is 12.7. The number of rotatable bonds is 6. The quantitative estimate of drug-likeness (QED) is 0.342. The molecule has 0 atom stereocenters. The summed E-state index contributed by atoms with van der Waals surface area (Å²) in [5, 5.41) is 1.27. The summed E-state index contributed by atoms with van der Waals surface area (Å²) in [5.41, 5.74) is 3.66. The van der Waals surface area contributed by atoms with Crippen LogP contribution in [0.2, 0.25) is 13.1 Å². The molecule has 2 aromatic rings. The molecule has 0 aliphatic rings. The van der Waals surface area contributed by atoms with Gasteiger partial charge in [-0.15, -0.1) is 33.2 Å². The topological polar surface area (TPSA) is 3.24 Å². The molecular weight excluding hydrogens is 417 g/mol. The van der Waals surface area contributed by atoms with Gasteiger partial charge in [0.25, 0.3) is 0 Å². The van der Waals surface area contributed by atoms with Gasteiger partial charge in [0.1, 0.15) is 0 Å². The molecule has 1 nitrogen and oxygen atoms in total. The average Bonchev–Trinajstić information content (AvgIpc) is 2.54. The van der Waals surface area contributed by atoms with Crippen LogP contribution in [-0.4, -0.2) is 14.4 Å². The largest absolute Gasteiger partial charge is 0.446 e. The van der Waals surface area contributed by atoms with Crippen LogP contribution in [0.5, 0.6) is 0 Å². The van der Waals surface area contributed by atoms with Gasteiger partial charge in [-0.05, 0) is 41.2 Å². The van der Waals surface area contributed by atoms with Crippen LogP contribution in [0.15, 0.2) is 48.5 Å². The monoisotopic (exact) mass is 443 g/mol. The minimum atomic E-state index is -3.19. The summed E-state index contributed by atoms with van der Waals surface area (Å²) in [6.45, 7) is 13.4. The zero-order valence-electron chi connectivity index (χ0n) is 16.4. The van der Waals surface area contributed by atoms with Crippen molar-refractivity contribution < 1.29 is 0 Å². The van der Waals surface area contributed by atoms with Crippen molar-refractivity contribution in [3.63, 3.8) is 0 Å². The Kier molecular flexibility index (Phi) is 6.95. The summed E-state index contributed by atoms with van der Waals surface area (Å²) in [7, 11) is -2.24. The first-order valence-electron chi connectivity index (χ1n) is 9.03. The minimum absolute atomic E-state index is 0.355. The van der Waals surface area contributed by atoms with E-state index in [0.717, 1.165) is 5.69 Å². The van der Waals surface area contributed by atoms with E-state index in [0.29, 0.717) is 11.8 Å². The Morgan fingerprint density at radius 3 is 1.58 bits per heavy atom. The van der Waals surface area contributed by atoms with Crippen LogP contribution >= 0.6 is 33.2 Å². The fourth-order valence-electron chi connectivity index (χ4n) is 3.47. The lowest BCUT2D eigenvalue weighted by Crippen LogP contribution is -2.65. The maximum absolute atomic E-state index is 6.75. The summed E-state index contributed by atoms with van der Waals surface area (Å²) in [6.07, 6.45) is -3.19. The van der Waals surface area contributed by atoms with Crippen LogP contribution in [-0.2, 0) is 0 Å². The van der Waals surface area contributed by atoms with Gasteiger partial charge in [0.15, 0.2) is 8.24 Å². The molecule has 0 unspecified atom stereocenters. The average molecular weight is 445 g/mol. The van der Waals surface area contributed by atoms with Gasteiger partial charge in [0, 0.05) is 5.69 Å². The summed E-state index contributed by atoms with van der Waals surface area (Å²) in [6, 6.07) is 17.0. The van der Waals surface area contributed by atoms with Crippen LogP contribution in [0.3, 0.4) is 0 Å². The minimum Gasteiger partial charge on any atom is -0.385 e. The van der Waals surface area contributed by atoms with Crippen molar-refractivity contribution in [3.05, 3.63) is 59.7 Å². The Morgan fingerprint density at radius 1 is 0.731 bits per heavy atom. The summed E-state index contributed by atoms with van der Waals surface area (Å²) in [5.74, 6) is 0.709. The number of hydrogen-bond acceptors (Lipinski definition) is 1. The molecular formula is C20H28Cl3NSi2.